The van der Waals surface area contributed by atoms with Crippen molar-refractivity contribution >= 4 is 22.8 Å². The molecule has 2 aromatic heterocycles. The highest BCUT2D eigenvalue weighted by atomic mass is 16.5. The SMILES string of the molecule is COc1ccc(OC)c(CNC(=O)[C@@H]2CCCN(c3cnc4nccnc4c3)C2)c1. The number of rotatable bonds is 6. The number of anilines is 1. The summed E-state index contributed by atoms with van der Waals surface area (Å²) >= 11 is 0. The Morgan fingerprint density at radius 1 is 1.17 bits per heavy atom. The maximum absolute atomic E-state index is 12.9. The standard InChI is InChI=1S/C22H25N5O3/c1-29-18-5-6-20(30-2)16(10-18)12-26-22(28)15-4-3-9-27(14-15)17-11-19-21(25-13-17)24-8-7-23-19/h5-8,10-11,13,15H,3-4,9,12,14H2,1-2H3,(H,26,28)/t15-/m1/s1. The number of ether oxygens (including phenoxy) is 2. The maximum atomic E-state index is 12.9. The van der Waals surface area contributed by atoms with Gasteiger partial charge in [-0.05, 0) is 37.1 Å². The average molecular weight is 407 g/mol. The van der Waals surface area contributed by atoms with E-state index >= 15 is 0 Å². The molecule has 1 aromatic carbocycles. The maximum Gasteiger partial charge on any atom is 0.225 e. The lowest BCUT2D eigenvalue weighted by Crippen LogP contribution is -2.43. The minimum absolute atomic E-state index is 0.0399. The van der Waals surface area contributed by atoms with E-state index in [0.717, 1.165) is 47.7 Å². The number of pyridine rings is 1. The van der Waals surface area contributed by atoms with Gasteiger partial charge in [0, 0.05) is 37.6 Å². The molecule has 0 unspecified atom stereocenters. The van der Waals surface area contributed by atoms with Gasteiger partial charge in [0.1, 0.15) is 17.0 Å². The molecule has 1 aliphatic rings. The van der Waals surface area contributed by atoms with Crippen molar-refractivity contribution in [3.05, 3.63) is 48.4 Å². The van der Waals surface area contributed by atoms with Crippen molar-refractivity contribution in [3.8, 4) is 11.5 Å². The minimum atomic E-state index is -0.0899. The lowest BCUT2D eigenvalue weighted by Gasteiger charge is -2.33. The Kier molecular flexibility index (Phi) is 5.92. The van der Waals surface area contributed by atoms with Crippen molar-refractivity contribution in [2.75, 3.05) is 32.2 Å². The predicted molar refractivity (Wildman–Crippen MR) is 114 cm³/mol. The van der Waals surface area contributed by atoms with Gasteiger partial charge in [-0.3, -0.25) is 9.78 Å². The van der Waals surface area contributed by atoms with Crippen LogP contribution < -0.4 is 19.7 Å². The van der Waals surface area contributed by atoms with E-state index in [0.29, 0.717) is 18.7 Å². The molecule has 30 heavy (non-hydrogen) atoms. The Morgan fingerprint density at radius 3 is 2.87 bits per heavy atom. The number of piperidine rings is 1. The summed E-state index contributed by atoms with van der Waals surface area (Å²) in [6, 6.07) is 7.55. The zero-order valence-electron chi connectivity index (χ0n) is 17.2. The van der Waals surface area contributed by atoms with Crippen LogP contribution >= 0.6 is 0 Å². The molecule has 1 amide bonds. The summed E-state index contributed by atoms with van der Waals surface area (Å²) in [5.41, 5.74) is 3.23. The number of hydrogen-bond donors (Lipinski definition) is 1. The molecule has 0 bridgehead atoms. The van der Waals surface area contributed by atoms with E-state index < -0.39 is 0 Å². The largest absolute Gasteiger partial charge is 0.497 e. The van der Waals surface area contributed by atoms with Crippen LogP contribution in [0.5, 0.6) is 11.5 Å². The molecule has 0 radical (unpaired) electrons. The molecule has 4 rings (SSSR count). The fraction of sp³-hybridized carbons (Fsp3) is 0.364. The van der Waals surface area contributed by atoms with Crippen molar-refractivity contribution < 1.29 is 14.3 Å². The molecule has 1 aliphatic heterocycles. The molecule has 1 N–H and O–H groups in total. The molecular formula is C22H25N5O3. The number of nitrogens with zero attached hydrogens (tertiary/aromatic N) is 4. The van der Waals surface area contributed by atoms with Crippen LogP contribution in [0.25, 0.3) is 11.2 Å². The van der Waals surface area contributed by atoms with Crippen LogP contribution in [0.15, 0.2) is 42.9 Å². The summed E-state index contributed by atoms with van der Waals surface area (Å²) in [5, 5.41) is 3.06. The minimum Gasteiger partial charge on any atom is -0.497 e. The smallest absolute Gasteiger partial charge is 0.225 e. The Hall–Kier alpha value is -3.42. The third-order valence-electron chi connectivity index (χ3n) is 5.41. The first-order valence-corrected chi connectivity index (χ1v) is 9.98. The summed E-state index contributed by atoms with van der Waals surface area (Å²) in [4.78, 5) is 28.0. The van der Waals surface area contributed by atoms with Crippen molar-refractivity contribution in [1.29, 1.82) is 0 Å². The molecule has 3 aromatic rings. The van der Waals surface area contributed by atoms with E-state index in [1.807, 2.05) is 24.3 Å². The highest BCUT2D eigenvalue weighted by Crippen LogP contribution is 2.26. The van der Waals surface area contributed by atoms with Crippen LogP contribution in [-0.2, 0) is 11.3 Å². The molecule has 0 spiro atoms. The molecule has 156 valence electrons. The average Bonchev–Trinajstić information content (AvgIpc) is 2.82. The first-order chi connectivity index (χ1) is 14.7. The number of nitrogens with one attached hydrogen (secondary N) is 1. The zero-order valence-corrected chi connectivity index (χ0v) is 17.2. The third-order valence-corrected chi connectivity index (χ3v) is 5.41. The Balaban J connectivity index is 1.42. The van der Waals surface area contributed by atoms with E-state index in [9.17, 15) is 4.79 Å². The lowest BCUT2D eigenvalue weighted by molar-refractivity contribution is -0.125. The van der Waals surface area contributed by atoms with Crippen LogP contribution in [0.4, 0.5) is 5.69 Å². The monoisotopic (exact) mass is 407 g/mol. The van der Waals surface area contributed by atoms with Gasteiger partial charge in [-0.2, -0.15) is 0 Å². The number of hydrogen-bond acceptors (Lipinski definition) is 7. The van der Waals surface area contributed by atoms with Crippen LogP contribution in [0.1, 0.15) is 18.4 Å². The topological polar surface area (TPSA) is 89.5 Å². The molecule has 1 fully saturated rings. The Labute approximate surface area is 175 Å². The van der Waals surface area contributed by atoms with E-state index in [1.165, 1.54) is 0 Å². The van der Waals surface area contributed by atoms with Gasteiger partial charge in [-0.15, -0.1) is 0 Å². The molecule has 8 heteroatoms. The van der Waals surface area contributed by atoms with E-state index in [4.69, 9.17) is 9.47 Å². The molecule has 8 nitrogen and oxygen atoms in total. The molecule has 0 aliphatic carbocycles. The van der Waals surface area contributed by atoms with Crippen molar-refractivity contribution in [1.82, 2.24) is 20.3 Å². The number of amides is 1. The second-order valence-electron chi connectivity index (χ2n) is 7.27. The molecule has 1 atom stereocenters. The number of benzene rings is 1. The lowest BCUT2D eigenvalue weighted by atomic mass is 9.96. The van der Waals surface area contributed by atoms with Gasteiger partial charge < -0.3 is 19.7 Å². The van der Waals surface area contributed by atoms with Crippen LogP contribution in [0.3, 0.4) is 0 Å². The van der Waals surface area contributed by atoms with Gasteiger partial charge >= 0.3 is 0 Å². The molecule has 0 saturated carbocycles. The summed E-state index contributed by atoms with van der Waals surface area (Å²) in [6.45, 7) is 1.93. The van der Waals surface area contributed by atoms with Crippen molar-refractivity contribution in [3.63, 3.8) is 0 Å². The fourth-order valence-corrected chi connectivity index (χ4v) is 3.79. The predicted octanol–water partition coefficient (Wildman–Crippen LogP) is 2.57. The van der Waals surface area contributed by atoms with Gasteiger partial charge in [-0.1, -0.05) is 0 Å². The van der Waals surface area contributed by atoms with Gasteiger partial charge in [0.2, 0.25) is 5.91 Å². The number of methoxy groups -OCH3 is 2. The molecule has 1 saturated heterocycles. The van der Waals surface area contributed by atoms with Gasteiger partial charge in [0.25, 0.3) is 0 Å². The number of carbonyl (C=O) groups is 1. The van der Waals surface area contributed by atoms with E-state index in [2.05, 4.69) is 25.2 Å². The summed E-state index contributed by atoms with van der Waals surface area (Å²) in [6.07, 6.45) is 6.90. The van der Waals surface area contributed by atoms with Crippen LogP contribution in [-0.4, -0.2) is 48.2 Å². The van der Waals surface area contributed by atoms with Crippen LogP contribution in [0, 0.1) is 5.92 Å². The third kappa shape index (κ3) is 4.27. The van der Waals surface area contributed by atoms with Gasteiger partial charge in [-0.25, -0.2) is 9.97 Å². The Bertz CT molecular complexity index is 1040. The van der Waals surface area contributed by atoms with Gasteiger partial charge in [0.05, 0.1) is 32.0 Å². The summed E-state index contributed by atoms with van der Waals surface area (Å²) in [5.74, 6) is 1.41. The zero-order chi connectivity index (χ0) is 20.9. The Morgan fingerprint density at radius 2 is 2.03 bits per heavy atom. The summed E-state index contributed by atoms with van der Waals surface area (Å²) < 4.78 is 10.7. The van der Waals surface area contributed by atoms with Gasteiger partial charge in [0.15, 0.2) is 5.65 Å². The van der Waals surface area contributed by atoms with Crippen molar-refractivity contribution in [2.24, 2.45) is 5.92 Å². The van der Waals surface area contributed by atoms with E-state index in [1.54, 1.807) is 32.8 Å². The normalized spacial score (nSPS) is 16.3. The van der Waals surface area contributed by atoms with Crippen molar-refractivity contribution in [2.45, 2.75) is 19.4 Å². The number of carbonyl (C=O) groups excluding carboxylic acids is 1. The first-order valence-electron chi connectivity index (χ1n) is 9.98. The highest BCUT2D eigenvalue weighted by molar-refractivity contribution is 5.80. The molecular weight excluding hydrogens is 382 g/mol. The number of fused-ring (bicyclic) bond motifs is 1. The van der Waals surface area contributed by atoms with E-state index in [-0.39, 0.29) is 11.8 Å². The quantitative estimate of drug-likeness (QED) is 0.672. The van der Waals surface area contributed by atoms with Crippen LogP contribution in [0.2, 0.25) is 0 Å². The summed E-state index contributed by atoms with van der Waals surface area (Å²) in [7, 11) is 3.24. The number of aromatic nitrogens is 3. The fourth-order valence-electron chi connectivity index (χ4n) is 3.79. The first kappa shape index (κ1) is 19.9. The second-order valence-corrected chi connectivity index (χ2v) is 7.27. The highest BCUT2D eigenvalue weighted by Gasteiger charge is 2.26. The second kappa shape index (κ2) is 8.94. The molecule has 3 heterocycles.